The number of rotatable bonds is 3. The molecule has 0 radical (unpaired) electrons. The summed E-state index contributed by atoms with van der Waals surface area (Å²) in [6, 6.07) is 7.58. The van der Waals surface area contributed by atoms with Crippen LogP contribution in [0, 0.1) is 0 Å². The summed E-state index contributed by atoms with van der Waals surface area (Å²) in [5.74, 6) is 0.800. The minimum Gasteiger partial charge on any atom is -0.497 e. The van der Waals surface area contributed by atoms with Crippen molar-refractivity contribution in [3.63, 3.8) is 0 Å². The molecular weight excluding hydrogens is 284 g/mol. The van der Waals surface area contributed by atoms with E-state index in [-0.39, 0.29) is 5.69 Å². The van der Waals surface area contributed by atoms with Crippen molar-refractivity contribution < 1.29 is 4.74 Å². The first-order valence-corrected chi connectivity index (χ1v) is 5.83. The lowest BCUT2D eigenvalue weighted by molar-refractivity contribution is 0.414. The molecule has 0 atom stereocenters. The first-order valence-electron chi connectivity index (χ1n) is 5.04. The summed E-state index contributed by atoms with van der Waals surface area (Å²) in [6.07, 6.45) is 3.21. The van der Waals surface area contributed by atoms with E-state index >= 15 is 0 Å². The molecule has 0 fully saturated rings. The second-order valence-electron chi connectivity index (χ2n) is 3.53. The first-order chi connectivity index (χ1) is 8.19. The lowest BCUT2D eigenvalue weighted by Gasteiger charge is -2.06. The summed E-state index contributed by atoms with van der Waals surface area (Å²) in [4.78, 5) is 15.2. The van der Waals surface area contributed by atoms with E-state index in [1.807, 2.05) is 24.3 Å². The maximum atomic E-state index is 11.5. The molecule has 0 aliphatic heterocycles. The molecule has 2 rings (SSSR count). The normalized spacial score (nSPS) is 10.2. The van der Waals surface area contributed by atoms with Crippen LogP contribution in [0.1, 0.15) is 5.56 Å². The van der Waals surface area contributed by atoms with Gasteiger partial charge in [0, 0.05) is 12.4 Å². The summed E-state index contributed by atoms with van der Waals surface area (Å²) < 4.78 is 7.40. The average molecular weight is 295 g/mol. The van der Waals surface area contributed by atoms with Crippen molar-refractivity contribution in [2.75, 3.05) is 7.11 Å². The molecule has 17 heavy (non-hydrogen) atoms. The van der Waals surface area contributed by atoms with Gasteiger partial charge in [-0.05, 0) is 33.6 Å². The molecule has 0 bridgehead atoms. The Labute approximate surface area is 107 Å². The highest BCUT2D eigenvalue weighted by molar-refractivity contribution is 9.10. The molecule has 1 aromatic heterocycles. The van der Waals surface area contributed by atoms with Gasteiger partial charge >= 0.3 is 5.69 Å². The van der Waals surface area contributed by atoms with Crippen LogP contribution in [0.2, 0.25) is 0 Å². The number of aromatic nitrogens is 2. The van der Waals surface area contributed by atoms with Gasteiger partial charge in [0.25, 0.3) is 0 Å². The number of halogens is 1. The van der Waals surface area contributed by atoms with Gasteiger partial charge in [0.1, 0.15) is 5.75 Å². The smallest absolute Gasteiger partial charge is 0.347 e. The predicted octanol–water partition coefficient (Wildman–Crippen LogP) is 2.06. The van der Waals surface area contributed by atoms with Crippen LogP contribution in [-0.4, -0.2) is 16.7 Å². The van der Waals surface area contributed by atoms with E-state index in [1.54, 1.807) is 17.9 Å². The maximum absolute atomic E-state index is 11.5. The second-order valence-corrected chi connectivity index (χ2v) is 4.45. The van der Waals surface area contributed by atoms with E-state index in [0.29, 0.717) is 6.54 Å². The highest BCUT2D eigenvalue weighted by Crippen LogP contribution is 2.12. The molecule has 1 aromatic carbocycles. The Bertz CT molecular complexity index is 563. The molecule has 5 heteroatoms. The summed E-state index contributed by atoms with van der Waals surface area (Å²) in [6.45, 7) is 0.495. The van der Waals surface area contributed by atoms with E-state index in [2.05, 4.69) is 20.9 Å². The Balaban J connectivity index is 2.25. The van der Waals surface area contributed by atoms with E-state index in [4.69, 9.17) is 4.74 Å². The topological polar surface area (TPSA) is 44.1 Å². The highest BCUT2D eigenvalue weighted by atomic mass is 79.9. The van der Waals surface area contributed by atoms with Gasteiger partial charge in [0.05, 0.1) is 18.1 Å². The standard InChI is InChI=1S/C12H11BrN2O2/c1-17-11-4-2-9(3-5-11)7-15-8-10(13)6-14-12(15)16/h2-6,8H,7H2,1H3. The zero-order chi connectivity index (χ0) is 12.3. The fourth-order valence-corrected chi connectivity index (χ4v) is 1.82. The SMILES string of the molecule is COc1ccc(Cn2cc(Br)cnc2=O)cc1. The summed E-state index contributed by atoms with van der Waals surface area (Å²) in [5.41, 5.74) is 0.761. The molecule has 0 N–H and O–H groups in total. The van der Waals surface area contributed by atoms with Crippen LogP contribution >= 0.6 is 15.9 Å². The van der Waals surface area contributed by atoms with E-state index in [1.165, 1.54) is 6.20 Å². The third-order valence-electron chi connectivity index (χ3n) is 2.34. The molecule has 4 nitrogen and oxygen atoms in total. The van der Waals surface area contributed by atoms with Crippen molar-refractivity contribution in [3.05, 3.63) is 57.2 Å². The van der Waals surface area contributed by atoms with Crippen LogP contribution in [0.15, 0.2) is 45.9 Å². The number of nitrogens with zero attached hydrogens (tertiary/aromatic N) is 2. The van der Waals surface area contributed by atoms with Crippen LogP contribution in [-0.2, 0) is 6.54 Å². The predicted molar refractivity (Wildman–Crippen MR) is 68.3 cm³/mol. The van der Waals surface area contributed by atoms with Crippen molar-refractivity contribution in [2.24, 2.45) is 0 Å². The van der Waals surface area contributed by atoms with E-state index in [0.717, 1.165) is 15.8 Å². The summed E-state index contributed by atoms with van der Waals surface area (Å²) >= 11 is 3.29. The monoisotopic (exact) mass is 294 g/mol. The zero-order valence-corrected chi connectivity index (χ0v) is 10.8. The quantitative estimate of drug-likeness (QED) is 0.870. The number of hydrogen-bond donors (Lipinski definition) is 0. The van der Waals surface area contributed by atoms with E-state index < -0.39 is 0 Å². The first kappa shape index (κ1) is 11.9. The van der Waals surface area contributed by atoms with Crippen LogP contribution in [0.4, 0.5) is 0 Å². The molecule has 0 saturated carbocycles. The minimum absolute atomic E-state index is 0.260. The van der Waals surface area contributed by atoms with Crippen molar-refractivity contribution in [1.82, 2.24) is 9.55 Å². The lowest BCUT2D eigenvalue weighted by Crippen LogP contribution is -2.22. The molecule has 1 heterocycles. The number of methoxy groups -OCH3 is 1. The maximum Gasteiger partial charge on any atom is 0.347 e. The fourth-order valence-electron chi connectivity index (χ4n) is 1.47. The van der Waals surface area contributed by atoms with Gasteiger partial charge in [-0.15, -0.1) is 0 Å². The molecular formula is C12H11BrN2O2. The zero-order valence-electron chi connectivity index (χ0n) is 9.26. The molecule has 0 unspecified atom stereocenters. The van der Waals surface area contributed by atoms with Gasteiger partial charge in [0.15, 0.2) is 0 Å². The number of benzene rings is 1. The van der Waals surface area contributed by atoms with Crippen molar-refractivity contribution in [2.45, 2.75) is 6.54 Å². The van der Waals surface area contributed by atoms with Gasteiger partial charge < -0.3 is 4.74 Å². The van der Waals surface area contributed by atoms with Crippen molar-refractivity contribution in [1.29, 1.82) is 0 Å². The summed E-state index contributed by atoms with van der Waals surface area (Å²) in [7, 11) is 1.62. The number of ether oxygens (including phenoxy) is 1. The third-order valence-corrected chi connectivity index (χ3v) is 2.74. The Morgan fingerprint density at radius 1 is 1.35 bits per heavy atom. The van der Waals surface area contributed by atoms with E-state index in [9.17, 15) is 4.79 Å². The molecule has 0 saturated heterocycles. The molecule has 0 aliphatic rings. The largest absolute Gasteiger partial charge is 0.497 e. The van der Waals surface area contributed by atoms with Gasteiger partial charge in [0.2, 0.25) is 0 Å². The van der Waals surface area contributed by atoms with Crippen LogP contribution in [0.3, 0.4) is 0 Å². The molecule has 0 aliphatic carbocycles. The van der Waals surface area contributed by atoms with Gasteiger partial charge in [-0.1, -0.05) is 12.1 Å². The Morgan fingerprint density at radius 3 is 2.71 bits per heavy atom. The summed E-state index contributed by atoms with van der Waals surface area (Å²) in [5, 5.41) is 0. The Morgan fingerprint density at radius 2 is 2.06 bits per heavy atom. The van der Waals surface area contributed by atoms with Crippen molar-refractivity contribution >= 4 is 15.9 Å². The van der Waals surface area contributed by atoms with Crippen LogP contribution in [0.5, 0.6) is 5.75 Å². The van der Waals surface area contributed by atoms with Crippen molar-refractivity contribution in [3.8, 4) is 5.75 Å². The van der Waals surface area contributed by atoms with Crippen LogP contribution < -0.4 is 10.4 Å². The fraction of sp³-hybridized carbons (Fsp3) is 0.167. The molecule has 2 aromatic rings. The lowest BCUT2D eigenvalue weighted by atomic mass is 10.2. The second kappa shape index (κ2) is 5.14. The van der Waals surface area contributed by atoms with Gasteiger partial charge in [-0.2, -0.15) is 0 Å². The van der Waals surface area contributed by atoms with Crippen LogP contribution in [0.25, 0.3) is 0 Å². The highest BCUT2D eigenvalue weighted by Gasteiger charge is 2.00. The molecule has 0 spiro atoms. The minimum atomic E-state index is -0.260. The third kappa shape index (κ3) is 2.94. The number of hydrogen-bond acceptors (Lipinski definition) is 3. The molecule has 88 valence electrons. The Hall–Kier alpha value is -1.62. The van der Waals surface area contributed by atoms with Gasteiger partial charge in [-0.3, -0.25) is 4.57 Å². The average Bonchev–Trinajstić information content (AvgIpc) is 2.35. The van der Waals surface area contributed by atoms with Gasteiger partial charge in [-0.25, -0.2) is 9.78 Å². The Kier molecular flexibility index (Phi) is 3.58. The molecule has 0 amide bonds.